The van der Waals surface area contributed by atoms with Gasteiger partial charge in [0.05, 0.1) is 28.9 Å². The summed E-state index contributed by atoms with van der Waals surface area (Å²) in [6, 6.07) is 15.6. The molecule has 1 N–H and O–H groups in total. The van der Waals surface area contributed by atoms with Gasteiger partial charge in [0, 0.05) is 68.0 Å². The van der Waals surface area contributed by atoms with Crippen molar-refractivity contribution in [1.82, 2.24) is 29.0 Å². The molecule has 270 valence electrons. The third-order valence-electron chi connectivity index (χ3n) is 9.32. The van der Waals surface area contributed by atoms with Crippen LogP contribution in [0.5, 0.6) is 5.75 Å². The number of aryl methyl sites for hydroxylation is 1. The number of fused-ring (bicyclic) bond motifs is 3. The molecule has 3 aromatic heterocycles. The molecule has 0 saturated carbocycles. The van der Waals surface area contributed by atoms with Crippen molar-refractivity contribution in [2.45, 2.75) is 45.8 Å². The maximum atomic E-state index is 13.8. The molecule has 7 rings (SSSR count). The van der Waals surface area contributed by atoms with Crippen molar-refractivity contribution in [3.8, 4) is 16.9 Å². The van der Waals surface area contributed by atoms with Crippen LogP contribution >= 0.6 is 11.6 Å². The maximum absolute atomic E-state index is 13.8. The Morgan fingerprint density at radius 1 is 1.00 bits per heavy atom. The van der Waals surface area contributed by atoms with Crippen LogP contribution in [0.1, 0.15) is 43.2 Å². The summed E-state index contributed by atoms with van der Waals surface area (Å²) in [5, 5.41) is 18.1. The number of piperazine rings is 1. The highest BCUT2D eigenvalue weighted by atomic mass is 35.5. The van der Waals surface area contributed by atoms with Gasteiger partial charge >= 0.3 is 12.1 Å². The lowest BCUT2D eigenvalue weighted by Crippen LogP contribution is -2.50. The summed E-state index contributed by atoms with van der Waals surface area (Å²) in [6.07, 6.45) is 5.82. The van der Waals surface area contributed by atoms with Gasteiger partial charge in [-0.05, 0) is 81.0 Å². The predicted octanol–water partition coefficient (Wildman–Crippen LogP) is 7.56. The van der Waals surface area contributed by atoms with Crippen molar-refractivity contribution < 1.29 is 28.6 Å². The molecule has 1 aliphatic rings. The number of nitrogens with zero attached hydrogens (tertiary/aromatic N) is 6. The highest BCUT2D eigenvalue weighted by Gasteiger charge is 2.29. The quantitative estimate of drug-likeness (QED) is 0.144. The van der Waals surface area contributed by atoms with E-state index in [9.17, 15) is 19.1 Å². The number of ether oxygens (including phenoxy) is 2. The molecule has 13 heteroatoms. The Balaban J connectivity index is 1.20. The summed E-state index contributed by atoms with van der Waals surface area (Å²) < 4.78 is 29.1. The number of carbonyl (C=O) groups is 2. The molecule has 3 aromatic carbocycles. The second-order valence-corrected chi connectivity index (χ2v) is 14.3. The van der Waals surface area contributed by atoms with Crippen LogP contribution < -0.4 is 4.74 Å². The molecule has 1 fully saturated rings. The molecule has 6 aromatic rings. The van der Waals surface area contributed by atoms with Crippen molar-refractivity contribution in [1.29, 1.82) is 0 Å². The Morgan fingerprint density at radius 3 is 2.56 bits per heavy atom. The Hall–Kier alpha value is -5.20. The minimum Gasteiger partial charge on any atom is -0.493 e. The van der Waals surface area contributed by atoms with Gasteiger partial charge < -0.3 is 24.0 Å². The van der Waals surface area contributed by atoms with E-state index in [4.69, 9.17) is 21.1 Å². The first-order valence-electron chi connectivity index (χ1n) is 17.4. The molecule has 0 radical (unpaired) electrons. The van der Waals surface area contributed by atoms with Gasteiger partial charge in [0.1, 0.15) is 22.9 Å². The van der Waals surface area contributed by atoms with Gasteiger partial charge in [-0.25, -0.2) is 23.5 Å². The highest BCUT2D eigenvalue weighted by molar-refractivity contribution is 6.35. The van der Waals surface area contributed by atoms with Gasteiger partial charge in [-0.15, -0.1) is 0 Å². The van der Waals surface area contributed by atoms with E-state index in [1.807, 2.05) is 49.6 Å². The van der Waals surface area contributed by atoms with Gasteiger partial charge in [-0.1, -0.05) is 29.8 Å². The SMILES string of the molecule is CC(C)(C)OC(=O)N1CCN(CCn2c(C(=O)O)c(CCCOc3cccc4cc(F)ccc34)c3ccc(Cl)c(-c4cnn5cccnc45)c32)CC1. The molecule has 1 aliphatic heterocycles. The Kier molecular flexibility index (Phi) is 9.78. The molecule has 1 saturated heterocycles. The van der Waals surface area contributed by atoms with Gasteiger partial charge in [0.25, 0.3) is 0 Å². The monoisotopic (exact) mass is 726 g/mol. The molecule has 4 heterocycles. The maximum Gasteiger partial charge on any atom is 0.410 e. The van der Waals surface area contributed by atoms with Crippen LogP contribution in [0.25, 0.3) is 38.4 Å². The zero-order chi connectivity index (χ0) is 36.6. The number of carboxylic acids is 1. The second kappa shape index (κ2) is 14.4. The molecule has 0 unspecified atom stereocenters. The Morgan fingerprint density at radius 2 is 1.79 bits per heavy atom. The number of carbonyl (C=O) groups excluding carboxylic acids is 1. The third-order valence-corrected chi connectivity index (χ3v) is 9.64. The number of benzene rings is 3. The van der Waals surface area contributed by atoms with E-state index in [1.54, 1.807) is 46.2 Å². The fourth-order valence-corrected chi connectivity index (χ4v) is 7.23. The lowest BCUT2D eigenvalue weighted by Gasteiger charge is -2.35. The average molecular weight is 727 g/mol. The summed E-state index contributed by atoms with van der Waals surface area (Å²) in [5.41, 5.74) is 2.96. The number of hydrogen-bond donors (Lipinski definition) is 1. The van der Waals surface area contributed by atoms with Crippen molar-refractivity contribution in [2.24, 2.45) is 0 Å². The van der Waals surface area contributed by atoms with E-state index in [0.29, 0.717) is 97.3 Å². The first-order valence-corrected chi connectivity index (χ1v) is 17.7. The molecule has 1 amide bonds. The van der Waals surface area contributed by atoms with Gasteiger partial charge in [0.15, 0.2) is 5.65 Å². The van der Waals surface area contributed by atoms with Crippen LogP contribution in [0.2, 0.25) is 5.02 Å². The van der Waals surface area contributed by atoms with E-state index >= 15 is 0 Å². The molecule has 0 spiro atoms. The Bertz CT molecular complexity index is 2290. The summed E-state index contributed by atoms with van der Waals surface area (Å²) in [7, 11) is 0. The van der Waals surface area contributed by atoms with Crippen LogP contribution in [0.15, 0.2) is 73.2 Å². The first kappa shape index (κ1) is 35.2. The van der Waals surface area contributed by atoms with E-state index in [2.05, 4.69) is 15.0 Å². The number of hydrogen-bond acceptors (Lipinski definition) is 7. The largest absolute Gasteiger partial charge is 0.493 e. The molecule has 0 bridgehead atoms. The molecular formula is C39H40ClFN6O5. The van der Waals surface area contributed by atoms with Gasteiger partial charge in [0.2, 0.25) is 0 Å². The minimum atomic E-state index is -1.04. The van der Waals surface area contributed by atoms with Gasteiger partial charge in [-0.3, -0.25) is 4.90 Å². The molecule has 0 atom stereocenters. The summed E-state index contributed by atoms with van der Waals surface area (Å²) in [4.78, 5) is 34.4. The highest BCUT2D eigenvalue weighted by Crippen LogP contribution is 2.41. The standard InChI is InChI=1S/C39H40ClFN6O5/c1-39(2,3)52-38(50)45-19-16-44(17-20-45)18-21-46-34-29(12-13-31(40)33(34)30-24-43-47-15-6-14-42-36(30)47)28(35(46)37(48)49)8-5-22-51-32-9-4-7-25-23-26(41)10-11-27(25)32/h4,6-7,9-15,23-24H,5,8,16-22H2,1-3H3,(H,48,49). The summed E-state index contributed by atoms with van der Waals surface area (Å²) in [6.45, 7) is 9.05. The molecular weight excluding hydrogens is 687 g/mol. The normalized spacial score (nSPS) is 14.1. The number of aromatic carboxylic acids is 1. The van der Waals surface area contributed by atoms with Crippen LogP contribution in [0.4, 0.5) is 9.18 Å². The zero-order valence-corrected chi connectivity index (χ0v) is 30.1. The fourth-order valence-electron chi connectivity index (χ4n) is 6.98. The lowest BCUT2D eigenvalue weighted by molar-refractivity contribution is 0.0142. The van der Waals surface area contributed by atoms with Crippen LogP contribution in [-0.4, -0.2) is 91.1 Å². The van der Waals surface area contributed by atoms with E-state index in [1.165, 1.54) is 12.1 Å². The molecule has 0 aliphatic carbocycles. The van der Waals surface area contributed by atoms with Crippen LogP contribution in [0, 0.1) is 5.82 Å². The van der Waals surface area contributed by atoms with E-state index in [0.717, 1.165) is 16.2 Å². The topological polar surface area (TPSA) is 114 Å². The van der Waals surface area contributed by atoms with Crippen LogP contribution in [-0.2, 0) is 17.7 Å². The van der Waals surface area contributed by atoms with Crippen molar-refractivity contribution in [2.75, 3.05) is 39.3 Å². The third kappa shape index (κ3) is 7.13. The van der Waals surface area contributed by atoms with Crippen molar-refractivity contribution in [3.05, 3.63) is 95.3 Å². The predicted molar refractivity (Wildman–Crippen MR) is 198 cm³/mol. The minimum absolute atomic E-state index is 0.191. The summed E-state index contributed by atoms with van der Waals surface area (Å²) >= 11 is 6.97. The summed E-state index contributed by atoms with van der Waals surface area (Å²) in [5.74, 6) is -0.720. The molecule has 52 heavy (non-hydrogen) atoms. The van der Waals surface area contributed by atoms with Gasteiger partial charge in [-0.2, -0.15) is 5.10 Å². The number of amides is 1. The average Bonchev–Trinajstić information content (AvgIpc) is 3.67. The zero-order valence-electron chi connectivity index (χ0n) is 29.3. The molecule has 11 nitrogen and oxygen atoms in total. The number of rotatable bonds is 10. The Labute approximate surface area is 305 Å². The van der Waals surface area contributed by atoms with Crippen molar-refractivity contribution in [3.63, 3.8) is 0 Å². The van der Waals surface area contributed by atoms with E-state index < -0.39 is 11.6 Å². The lowest BCUT2D eigenvalue weighted by atomic mass is 10.0. The number of aromatic nitrogens is 4. The van der Waals surface area contributed by atoms with E-state index in [-0.39, 0.29) is 17.6 Å². The fraction of sp³-hybridized carbons (Fsp3) is 0.333. The second-order valence-electron chi connectivity index (χ2n) is 13.9. The van der Waals surface area contributed by atoms with Crippen molar-refractivity contribution >= 4 is 51.0 Å². The van der Waals surface area contributed by atoms with Crippen LogP contribution in [0.3, 0.4) is 0 Å². The smallest absolute Gasteiger partial charge is 0.410 e. The number of carboxylic acid groups (broad SMARTS) is 1. The number of halogens is 2. The first-order chi connectivity index (χ1) is 25.0.